The lowest BCUT2D eigenvalue weighted by atomic mass is 10.1. The van der Waals surface area contributed by atoms with E-state index < -0.39 is 0 Å². The molecule has 0 fully saturated rings. The number of hydrogen-bond donors (Lipinski definition) is 1. The van der Waals surface area contributed by atoms with E-state index in [0.29, 0.717) is 0 Å². The van der Waals surface area contributed by atoms with E-state index in [1.54, 1.807) is 0 Å². The summed E-state index contributed by atoms with van der Waals surface area (Å²) in [4.78, 5) is 0. The van der Waals surface area contributed by atoms with Crippen LogP contribution in [-0.2, 0) is 0 Å². The largest absolute Gasteiger partial charge is 0.333 e. The summed E-state index contributed by atoms with van der Waals surface area (Å²) in [5.74, 6) is 0. The van der Waals surface area contributed by atoms with Gasteiger partial charge in [0.25, 0.3) is 0 Å². The Morgan fingerprint density at radius 2 is 2.00 bits per heavy atom. The van der Waals surface area contributed by atoms with Crippen LogP contribution in [-0.4, -0.2) is 7.05 Å². The SMILES string of the molecule is C=CCC/C(C)=C\C.CN. The molecule has 1 nitrogen and oxygen atoms in total. The molecule has 0 saturated heterocycles. The van der Waals surface area contributed by atoms with Crippen molar-refractivity contribution in [3.05, 3.63) is 24.3 Å². The van der Waals surface area contributed by atoms with E-state index in [9.17, 15) is 0 Å². The summed E-state index contributed by atoms with van der Waals surface area (Å²) >= 11 is 0. The molecule has 0 unspecified atom stereocenters. The fourth-order valence-corrected chi connectivity index (χ4v) is 0.474. The zero-order chi connectivity index (χ0) is 8.41. The van der Waals surface area contributed by atoms with E-state index in [1.165, 1.54) is 19.0 Å². The van der Waals surface area contributed by atoms with Gasteiger partial charge in [-0.25, -0.2) is 0 Å². The molecule has 0 aromatic carbocycles. The highest BCUT2D eigenvalue weighted by molar-refractivity contribution is 4.96. The average molecular weight is 141 g/mol. The second kappa shape index (κ2) is 11.3. The minimum Gasteiger partial charge on any atom is -0.333 e. The summed E-state index contributed by atoms with van der Waals surface area (Å²) in [6.45, 7) is 7.85. The Kier molecular flexibility index (Phi) is 13.7. The molecule has 2 N–H and O–H groups in total. The molecule has 0 aliphatic carbocycles. The molecule has 0 bridgehead atoms. The second-order valence-corrected chi connectivity index (χ2v) is 1.96. The first kappa shape index (κ1) is 12.1. The van der Waals surface area contributed by atoms with Crippen molar-refractivity contribution in [2.24, 2.45) is 5.73 Å². The van der Waals surface area contributed by atoms with Gasteiger partial charge in [0.15, 0.2) is 0 Å². The van der Waals surface area contributed by atoms with Gasteiger partial charge in [0.1, 0.15) is 0 Å². The third-order valence-corrected chi connectivity index (χ3v) is 1.24. The first-order chi connectivity index (χ1) is 4.81. The van der Waals surface area contributed by atoms with E-state index in [-0.39, 0.29) is 0 Å². The maximum atomic E-state index is 4.50. The summed E-state index contributed by atoms with van der Waals surface area (Å²) in [7, 11) is 1.50. The Bertz CT molecular complexity index is 92.9. The predicted molar refractivity (Wildman–Crippen MR) is 49.0 cm³/mol. The smallest absolute Gasteiger partial charge is 0.0195 e. The molecule has 0 rings (SSSR count). The summed E-state index contributed by atoms with van der Waals surface area (Å²) in [6.07, 6.45) is 6.37. The molecular formula is C9H19N. The highest BCUT2D eigenvalue weighted by Crippen LogP contribution is 2.02. The van der Waals surface area contributed by atoms with Crippen LogP contribution in [0.3, 0.4) is 0 Å². The molecule has 1 heteroatoms. The maximum Gasteiger partial charge on any atom is -0.0195 e. The van der Waals surface area contributed by atoms with Crippen LogP contribution in [0.1, 0.15) is 26.7 Å². The maximum absolute atomic E-state index is 4.50. The molecule has 0 aromatic heterocycles. The Balaban J connectivity index is 0. The van der Waals surface area contributed by atoms with E-state index in [4.69, 9.17) is 0 Å². The summed E-state index contributed by atoms with van der Waals surface area (Å²) in [5.41, 5.74) is 5.95. The highest BCUT2D eigenvalue weighted by Gasteiger charge is 1.81. The molecule has 60 valence electrons. The van der Waals surface area contributed by atoms with Crippen molar-refractivity contribution in [2.75, 3.05) is 7.05 Å². The average Bonchev–Trinajstić information content (AvgIpc) is 2.04. The monoisotopic (exact) mass is 141 g/mol. The van der Waals surface area contributed by atoms with Gasteiger partial charge in [-0.05, 0) is 33.7 Å². The van der Waals surface area contributed by atoms with Gasteiger partial charge in [0.05, 0.1) is 0 Å². The molecule has 10 heavy (non-hydrogen) atoms. The first-order valence-electron chi connectivity index (χ1n) is 3.61. The number of rotatable bonds is 3. The van der Waals surface area contributed by atoms with Crippen LogP contribution in [0, 0.1) is 0 Å². The van der Waals surface area contributed by atoms with Crippen LogP contribution in [0.5, 0.6) is 0 Å². The summed E-state index contributed by atoms with van der Waals surface area (Å²) < 4.78 is 0. The van der Waals surface area contributed by atoms with Gasteiger partial charge in [-0.15, -0.1) is 6.58 Å². The number of hydrogen-bond acceptors (Lipinski definition) is 1. The fraction of sp³-hybridized carbons (Fsp3) is 0.556. The molecule has 0 amide bonds. The van der Waals surface area contributed by atoms with E-state index in [0.717, 1.165) is 6.42 Å². The van der Waals surface area contributed by atoms with Crippen LogP contribution >= 0.6 is 0 Å². The van der Waals surface area contributed by atoms with Crippen molar-refractivity contribution < 1.29 is 0 Å². The molecule has 0 spiro atoms. The van der Waals surface area contributed by atoms with Crippen molar-refractivity contribution in [3.8, 4) is 0 Å². The van der Waals surface area contributed by atoms with E-state index in [2.05, 4.69) is 32.2 Å². The molecule has 0 atom stereocenters. The Morgan fingerprint density at radius 1 is 1.50 bits per heavy atom. The normalized spacial score (nSPS) is 9.80. The first-order valence-corrected chi connectivity index (χ1v) is 3.61. The molecule has 0 heterocycles. The molecule has 0 aromatic rings. The Hall–Kier alpha value is -0.560. The van der Waals surface area contributed by atoms with Crippen molar-refractivity contribution in [2.45, 2.75) is 26.7 Å². The van der Waals surface area contributed by atoms with Gasteiger partial charge in [-0.2, -0.15) is 0 Å². The molecule has 0 aliphatic heterocycles. The summed E-state index contributed by atoms with van der Waals surface area (Å²) in [6, 6.07) is 0. The molecule has 0 aliphatic rings. The van der Waals surface area contributed by atoms with Gasteiger partial charge in [-0.3, -0.25) is 0 Å². The van der Waals surface area contributed by atoms with Crippen LogP contribution in [0.25, 0.3) is 0 Å². The Labute approximate surface area is 64.6 Å². The zero-order valence-corrected chi connectivity index (χ0v) is 7.35. The number of allylic oxidation sites excluding steroid dienone is 3. The van der Waals surface area contributed by atoms with E-state index in [1.807, 2.05) is 6.08 Å². The van der Waals surface area contributed by atoms with Gasteiger partial charge in [0, 0.05) is 0 Å². The predicted octanol–water partition coefficient (Wildman–Crippen LogP) is 2.49. The topological polar surface area (TPSA) is 26.0 Å². The third-order valence-electron chi connectivity index (χ3n) is 1.24. The van der Waals surface area contributed by atoms with Gasteiger partial charge in [-0.1, -0.05) is 17.7 Å². The van der Waals surface area contributed by atoms with Crippen molar-refractivity contribution >= 4 is 0 Å². The van der Waals surface area contributed by atoms with Crippen LogP contribution in [0.4, 0.5) is 0 Å². The molecular weight excluding hydrogens is 122 g/mol. The minimum atomic E-state index is 1.11. The standard InChI is InChI=1S/C8H14.CH5N/c1-4-6-7-8(3)5-2;1-2/h4-5H,1,6-7H2,2-3H3;2H2,1H3/b8-5-;. The van der Waals surface area contributed by atoms with E-state index >= 15 is 0 Å². The third kappa shape index (κ3) is 10.4. The van der Waals surface area contributed by atoms with Crippen LogP contribution < -0.4 is 5.73 Å². The number of nitrogens with two attached hydrogens (primary N) is 1. The van der Waals surface area contributed by atoms with Gasteiger partial charge >= 0.3 is 0 Å². The zero-order valence-electron chi connectivity index (χ0n) is 7.35. The molecule has 0 saturated carbocycles. The lowest BCUT2D eigenvalue weighted by molar-refractivity contribution is 0.976. The van der Waals surface area contributed by atoms with Crippen molar-refractivity contribution in [1.82, 2.24) is 0 Å². The van der Waals surface area contributed by atoms with Crippen LogP contribution in [0.2, 0.25) is 0 Å². The highest BCUT2D eigenvalue weighted by atomic mass is 14.4. The lowest BCUT2D eigenvalue weighted by Crippen LogP contribution is -1.71. The summed E-state index contributed by atoms with van der Waals surface area (Å²) in [5, 5.41) is 0. The lowest BCUT2D eigenvalue weighted by Gasteiger charge is -1.92. The quantitative estimate of drug-likeness (QED) is 0.600. The van der Waals surface area contributed by atoms with Crippen LogP contribution in [0.15, 0.2) is 24.3 Å². The van der Waals surface area contributed by atoms with Crippen molar-refractivity contribution in [3.63, 3.8) is 0 Å². The molecule has 0 radical (unpaired) electrons. The van der Waals surface area contributed by atoms with Gasteiger partial charge < -0.3 is 5.73 Å². The fourth-order valence-electron chi connectivity index (χ4n) is 0.474. The van der Waals surface area contributed by atoms with Gasteiger partial charge in [0.2, 0.25) is 0 Å². The van der Waals surface area contributed by atoms with Crippen molar-refractivity contribution in [1.29, 1.82) is 0 Å². The minimum absolute atomic E-state index is 1.11. The Morgan fingerprint density at radius 3 is 2.30 bits per heavy atom. The second-order valence-electron chi connectivity index (χ2n) is 1.96.